The molecule has 1 aliphatic rings. The highest BCUT2D eigenvalue weighted by molar-refractivity contribution is 5.88. The molecule has 3 heteroatoms. The second-order valence-corrected chi connectivity index (χ2v) is 7.17. The Bertz CT molecular complexity index is 655. The highest BCUT2D eigenvalue weighted by Crippen LogP contribution is 2.73. The molecular weight excluding hydrogens is 262 g/mol. The molecule has 3 rings (SSSR count). The molecule has 1 fully saturated rings. The van der Waals surface area contributed by atoms with Gasteiger partial charge in [-0.25, -0.2) is 0 Å². The Kier molecular flexibility index (Phi) is 3.19. The zero-order chi connectivity index (χ0) is 15.4. The van der Waals surface area contributed by atoms with E-state index in [2.05, 4.69) is 56.7 Å². The predicted octanol–water partition coefficient (Wildman–Crippen LogP) is 2.98. The Hall–Kier alpha value is -1.32. The van der Waals surface area contributed by atoms with Crippen molar-refractivity contribution in [2.24, 2.45) is 10.8 Å². The number of aliphatic hydroxyl groups excluding tert-OH is 2. The summed E-state index contributed by atoms with van der Waals surface area (Å²) in [5, 5.41) is 20.1. The normalized spacial score (nSPS) is 21.6. The lowest BCUT2D eigenvalue weighted by Gasteiger charge is -2.09. The minimum atomic E-state index is -0.723. The van der Waals surface area contributed by atoms with E-state index in [1.165, 1.54) is 16.9 Å². The molecule has 1 saturated carbocycles. The van der Waals surface area contributed by atoms with Crippen LogP contribution in [0.15, 0.2) is 30.5 Å². The molecule has 0 aliphatic heterocycles. The van der Waals surface area contributed by atoms with E-state index in [-0.39, 0.29) is 17.4 Å². The number of hydrogen-bond donors (Lipinski definition) is 2. The van der Waals surface area contributed by atoms with Gasteiger partial charge < -0.3 is 14.8 Å². The van der Waals surface area contributed by atoms with Crippen molar-refractivity contribution in [1.82, 2.24) is 4.57 Å². The molecule has 0 unspecified atom stereocenters. The summed E-state index contributed by atoms with van der Waals surface area (Å²) in [5.41, 5.74) is 2.81. The van der Waals surface area contributed by atoms with E-state index in [1.54, 1.807) is 0 Å². The molecule has 3 nitrogen and oxygen atoms in total. The SMILES string of the molecule is CC1(C)[C](c2cn(C[C@@H](O)CO)c3ccccc23)C1(C)C. The minimum Gasteiger partial charge on any atom is -0.394 e. The lowest BCUT2D eigenvalue weighted by atomic mass is 10.0. The third-order valence-corrected chi connectivity index (χ3v) is 5.43. The summed E-state index contributed by atoms with van der Waals surface area (Å²) in [6.07, 6.45) is 1.41. The molecule has 0 amide bonds. The molecule has 1 aliphatic carbocycles. The highest BCUT2D eigenvalue weighted by atomic mass is 16.3. The van der Waals surface area contributed by atoms with E-state index in [4.69, 9.17) is 5.11 Å². The van der Waals surface area contributed by atoms with Gasteiger partial charge in [-0.3, -0.25) is 0 Å². The number of fused-ring (bicyclic) bond motifs is 1. The third-order valence-electron chi connectivity index (χ3n) is 5.43. The number of rotatable bonds is 4. The summed E-state index contributed by atoms with van der Waals surface area (Å²) >= 11 is 0. The fourth-order valence-corrected chi connectivity index (χ4v) is 3.59. The lowest BCUT2D eigenvalue weighted by molar-refractivity contribution is 0.0822. The number of aromatic nitrogens is 1. The summed E-state index contributed by atoms with van der Waals surface area (Å²) in [5.74, 6) is 1.48. The summed E-state index contributed by atoms with van der Waals surface area (Å²) in [6, 6.07) is 8.29. The van der Waals surface area contributed by atoms with Gasteiger partial charge in [0.1, 0.15) is 0 Å². The van der Waals surface area contributed by atoms with Crippen molar-refractivity contribution in [3.8, 4) is 0 Å². The molecule has 1 radical (unpaired) electrons. The highest BCUT2D eigenvalue weighted by Gasteiger charge is 2.66. The van der Waals surface area contributed by atoms with E-state index >= 15 is 0 Å². The number of nitrogens with zero attached hydrogens (tertiary/aromatic N) is 1. The van der Waals surface area contributed by atoms with Crippen LogP contribution >= 0.6 is 0 Å². The molecule has 0 bridgehead atoms. The fourth-order valence-electron chi connectivity index (χ4n) is 3.59. The van der Waals surface area contributed by atoms with E-state index in [0.717, 1.165) is 5.52 Å². The van der Waals surface area contributed by atoms with Crippen molar-refractivity contribution in [2.75, 3.05) is 6.61 Å². The Morgan fingerprint density at radius 2 is 1.71 bits per heavy atom. The van der Waals surface area contributed by atoms with Gasteiger partial charge in [-0.15, -0.1) is 0 Å². The molecule has 0 saturated heterocycles. The Morgan fingerprint density at radius 1 is 1.10 bits per heavy atom. The molecule has 0 spiro atoms. The van der Waals surface area contributed by atoms with Crippen LogP contribution in [0.25, 0.3) is 10.9 Å². The zero-order valence-electron chi connectivity index (χ0n) is 13.2. The smallest absolute Gasteiger partial charge is 0.0949 e. The van der Waals surface area contributed by atoms with Crippen LogP contribution in [0.1, 0.15) is 33.3 Å². The number of aliphatic hydroxyl groups is 2. The van der Waals surface area contributed by atoms with Crippen LogP contribution in [0.5, 0.6) is 0 Å². The average Bonchev–Trinajstić information content (AvgIpc) is 2.71. The van der Waals surface area contributed by atoms with Gasteiger partial charge in [0.25, 0.3) is 0 Å². The summed E-state index contributed by atoms with van der Waals surface area (Å²) in [4.78, 5) is 0. The Labute approximate surface area is 126 Å². The van der Waals surface area contributed by atoms with Crippen LogP contribution in [0.4, 0.5) is 0 Å². The number of hydrogen-bond acceptors (Lipinski definition) is 2. The van der Waals surface area contributed by atoms with Crippen LogP contribution in [0.2, 0.25) is 0 Å². The standard InChI is InChI=1S/C18H24NO2/c1-17(2)16(18(17,3)4)14-10-19(9-12(21)11-20)15-8-6-5-7-13(14)15/h5-8,10,12,20-21H,9,11H2,1-4H3/t12-/m1/s1. The first-order valence-electron chi connectivity index (χ1n) is 7.55. The van der Waals surface area contributed by atoms with Gasteiger partial charge in [0.2, 0.25) is 0 Å². The topological polar surface area (TPSA) is 45.4 Å². The average molecular weight is 286 g/mol. The van der Waals surface area contributed by atoms with Crippen LogP contribution < -0.4 is 0 Å². The summed E-state index contributed by atoms with van der Waals surface area (Å²) in [6.45, 7) is 9.36. The van der Waals surface area contributed by atoms with Crippen LogP contribution in [-0.2, 0) is 6.54 Å². The molecule has 2 N–H and O–H groups in total. The molecule has 2 aromatic rings. The van der Waals surface area contributed by atoms with E-state index in [0.29, 0.717) is 6.54 Å². The number of para-hydroxylation sites is 1. The van der Waals surface area contributed by atoms with Crippen LogP contribution in [0, 0.1) is 16.7 Å². The van der Waals surface area contributed by atoms with Crippen molar-refractivity contribution in [1.29, 1.82) is 0 Å². The van der Waals surface area contributed by atoms with Crippen LogP contribution in [-0.4, -0.2) is 27.5 Å². The van der Waals surface area contributed by atoms with Gasteiger partial charge in [0, 0.05) is 23.0 Å². The number of benzene rings is 1. The Morgan fingerprint density at radius 3 is 2.29 bits per heavy atom. The maximum absolute atomic E-state index is 9.76. The second-order valence-electron chi connectivity index (χ2n) is 7.17. The lowest BCUT2D eigenvalue weighted by Crippen LogP contribution is -2.19. The first-order chi connectivity index (χ1) is 9.80. The Balaban J connectivity index is 2.09. The second kappa shape index (κ2) is 4.59. The van der Waals surface area contributed by atoms with Crippen molar-refractivity contribution in [2.45, 2.75) is 40.3 Å². The molecule has 113 valence electrons. The largest absolute Gasteiger partial charge is 0.394 e. The van der Waals surface area contributed by atoms with Gasteiger partial charge in [0.15, 0.2) is 0 Å². The molecule has 1 aromatic heterocycles. The minimum absolute atomic E-state index is 0.206. The molecular formula is C18H24NO2. The van der Waals surface area contributed by atoms with Crippen LogP contribution in [0.3, 0.4) is 0 Å². The maximum atomic E-state index is 9.76. The first-order valence-corrected chi connectivity index (χ1v) is 7.55. The third kappa shape index (κ3) is 2.02. The van der Waals surface area contributed by atoms with Crippen molar-refractivity contribution < 1.29 is 10.2 Å². The van der Waals surface area contributed by atoms with E-state index < -0.39 is 6.10 Å². The zero-order valence-corrected chi connectivity index (χ0v) is 13.2. The van der Waals surface area contributed by atoms with Gasteiger partial charge in [-0.2, -0.15) is 0 Å². The van der Waals surface area contributed by atoms with Crippen molar-refractivity contribution in [3.05, 3.63) is 41.9 Å². The molecule has 21 heavy (non-hydrogen) atoms. The van der Waals surface area contributed by atoms with E-state index in [1.807, 2.05) is 6.07 Å². The summed E-state index contributed by atoms with van der Waals surface area (Å²) in [7, 11) is 0. The first kappa shape index (κ1) is 14.6. The predicted molar refractivity (Wildman–Crippen MR) is 84.9 cm³/mol. The maximum Gasteiger partial charge on any atom is 0.0949 e. The monoisotopic (exact) mass is 286 g/mol. The molecule has 1 heterocycles. The van der Waals surface area contributed by atoms with Gasteiger partial charge in [-0.1, -0.05) is 45.9 Å². The van der Waals surface area contributed by atoms with E-state index in [9.17, 15) is 5.11 Å². The molecule has 1 aromatic carbocycles. The fraction of sp³-hybridized carbons (Fsp3) is 0.500. The van der Waals surface area contributed by atoms with Gasteiger partial charge in [-0.05, 0) is 22.5 Å². The van der Waals surface area contributed by atoms with Crippen molar-refractivity contribution in [3.63, 3.8) is 0 Å². The van der Waals surface area contributed by atoms with Gasteiger partial charge in [0.05, 0.1) is 19.3 Å². The summed E-state index contributed by atoms with van der Waals surface area (Å²) < 4.78 is 2.06. The van der Waals surface area contributed by atoms with Crippen molar-refractivity contribution >= 4 is 10.9 Å². The molecule has 1 atom stereocenters. The quantitative estimate of drug-likeness (QED) is 0.907. The van der Waals surface area contributed by atoms with Gasteiger partial charge >= 0.3 is 0 Å².